The highest BCUT2D eigenvalue weighted by atomic mass is 35.5. The smallest absolute Gasteiger partial charge is 0.178 e. The molecule has 6 heteroatoms. The molecule has 0 saturated carbocycles. The van der Waals surface area contributed by atoms with Crippen molar-refractivity contribution in [1.29, 1.82) is 0 Å². The van der Waals surface area contributed by atoms with E-state index in [1.54, 1.807) is 13.1 Å². The van der Waals surface area contributed by atoms with Gasteiger partial charge in [-0.1, -0.05) is 29.8 Å². The Labute approximate surface area is 185 Å². The normalized spacial score (nSPS) is 16.9. The fourth-order valence-corrected chi connectivity index (χ4v) is 4.48. The van der Waals surface area contributed by atoms with Crippen LogP contribution in [0.2, 0.25) is 5.02 Å². The standard InChI is InChI=1S/C25H24ClN3O2/c1-16(30)25(31-24-6-2-5-22-20(24)4-3-11-27-22)29-12-9-17(10-13-29)21-15-28-23-14-18(26)7-8-19(21)23/h2-9,11,14-16,25,28,30H,10,12-13H2,1H3. The number of hydrogen-bond acceptors (Lipinski definition) is 4. The summed E-state index contributed by atoms with van der Waals surface area (Å²) >= 11 is 6.12. The van der Waals surface area contributed by atoms with Gasteiger partial charge in [0.2, 0.25) is 0 Å². The fraction of sp³-hybridized carbons (Fsp3) is 0.240. The highest BCUT2D eigenvalue weighted by Gasteiger charge is 2.28. The Balaban J connectivity index is 1.38. The molecule has 0 radical (unpaired) electrons. The molecule has 3 heterocycles. The van der Waals surface area contributed by atoms with Crippen LogP contribution in [0.15, 0.2) is 67.0 Å². The zero-order chi connectivity index (χ0) is 21.4. The number of aromatic nitrogens is 2. The maximum absolute atomic E-state index is 10.5. The number of aliphatic hydroxyl groups is 1. The van der Waals surface area contributed by atoms with Gasteiger partial charge in [0, 0.05) is 52.4 Å². The predicted octanol–water partition coefficient (Wildman–Crippen LogP) is 5.24. The van der Waals surface area contributed by atoms with Gasteiger partial charge >= 0.3 is 0 Å². The first-order valence-electron chi connectivity index (χ1n) is 10.5. The maximum atomic E-state index is 10.5. The van der Waals surface area contributed by atoms with Crippen LogP contribution < -0.4 is 4.74 Å². The largest absolute Gasteiger partial charge is 0.472 e. The van der Waals surface area contributed by atoms with E-state index in [2.05, 4.69) is 27.0 Å². The van der Waals surface area contributed by atoms with E-state index in [0.29, 0.717) is 6.54 Å². The van der Waals surface area contributed by atoms with Crippen molar-refractivity contribution in [3.63, 3.8) is 0 Å². The van der Waals surface area contributed by atoms with Crippen molar-refractivity contribution in [2.75, 3.05) is 13.1 Å². The van der Waals surface area contributed by atoms with Gasteiger partial charge in [0.15, 0.2) is 6.23 Å². The number of fused-ring (bicyclic) bond motifs is 2. The number of halogens is 1. The zero-order valence-electron chi connectivity index (χ0n) is 17.3. The average molecular weight is 434 g/mol. The highest BCUT2D eigenvalue weighted by molar-refractivity contribution is 6.31. The maximum Gasteiger partial charge on any atom is 0.178 e. The molecule has 4 aromatic rings. The van der Waals surface area contributed by atoms with Gasteiger partial charge in [-0.3, -0.25) is 9.88 Å². The van der Waals surface area contributed by atoms with E-state index < -0.39 is 12.3 Å². The molecule has 5 rings (SSSR count). The second-order valence-corrected chi connectivity index (χ2v) is 8.38. The van der Waals surface area contributed by atoms with Crippen LogP contribution in [-0.4, -0.2) is 45.4 Å². The van der Waals surface area contributed by atoms with Crippen molar-refractivity contribution in [1.82, 2.24) is 14.9 Å². The Morgan fingerprint density at radius 3 is 2.87 bits per heavy atom. The predicted molar refractivity (Wildman–Crippen MR) is 125 cm³/mol. The van der Waals surface area contributed by atoms with Crippen molar-refractivity contribution < 1.29 is 9.84 Å². The van der Waals surface area contributed by atoms with Gasteiger partial charge in [0.05, 0.1) is 5.52 Å². The van der Waals surface area contributed by atoms with Crippen molar-refractivity contribution >= 4 is 39.0 Å². The third-order valence-corrected chi connectivity index (χ3v) is 6.09. The van der Waals surface area contributed by atoms with Gasteiger partial charge in [0.1, 0.15) is 11.9 Å². The van der Waals surface area contributed by atoms with Crippen LogP contribution in [0.25, 0.3) is 27.4 Å². The Morgan fingerprint density at radius 1 is 1.16 bits per heavy atom. The molecule has 0 spiro atoms. The van der Waals surface area contributed by atoms with Crippen LogP contribution in [0.4, 0.5) is 0 Å². The number of pyridine rings is 1. The molecular weight excluding hydrogens is 410 g/mol. The van der Waals surface area contributed by atoms with Gasteiger partial charge in [-0.15, -0.1) is 0 Å². The van der Waals surface area contributed by atoms with E-state index in [1.807, 2.05) is 48.7 Å². The summed E-state index contributed by atoms with van der Waals surface area (Å²) in [4.78, 5) is 9.89. The first-order valence-corrected chi connectivity index (χ1v) is 10.9. The summed E-state index contributed by atoms with van der Waals surface area (Å²) in [5.41, 5.74) is 4.43. The molecule has 5 nitrogen and oxygen atoms in total. The Kier molecular flexibility index (Phi) is 5.40. The number of H-pyrrole nitrogens is 1. The van der Waals surface area contributed by atoms with Crippen molar-refractivity contribution in [3.05, 3.63) is 77.6 Å². The highest BCUT2D eigenvalue weighted by Crippen LogP contribution is 2.32. The van der Waals surface area contributed by atoms with Gasteiger partial charge in [-0.2, -0.15) is 0 Å². The van der Waals surface area contributed by atoms with Crippen LogP contribution in [0.1, 0.15) is 18.9 Å². The third kappa shape index (κ3) is 3.92. The second-order valence-electron chi connectivity index (χ2n) is 7.94. The first kappa shape index (κ1) is 20.1. The summed E-state index contributed by atoms with van der Waals surface area (Å²) in [5.74, 6) is 0.736. The quantitative estimate of drug-likeness (QED) is 0.451. The number of nitrogens with zero attached hydrogens (tertiary/aromatic N) is 2. The van der Waals surface area contributed by atoms with E-state index in [4.69, 9.17) is 16.3 Å². The van der Waals surface area contributed by atoms with Crippen LogP contribution in [0.5, 0.6) is 5.75 Å². The van der Waals surface area contributed by atoms with Crippen molar-refractivity contribution in [2.24, 2.45) is 0 Å². The zero-order valence-corrected chi connectivity index (χ0v) is 18.0. The molecule has 2 aromatic heterocycles. The third-order valence-electron chi connectivity index (χ3n) is 5.86. The number of hydrogen-bond donors (Lipinski definition) is 2. The molecule has 2 aromatic carbocycles. The van der Waals surface area contributed by atoms with E-state index >= 15 is 0 Å². The Hall–Kier alpha value is -2.86. The SMILES string of the molecule is CC(O)C(Oc1cccc2ncccc12)N1CC=C(c2c[nH]c3cc(Cl)ccc23)CC1. The molecule has 0 amide bonds. The number of aliphatic hydroxyl groups excluding tert-OH is 1. The summed E-state index contributed by atoms with van der Waals surface area (Å²) in [5, 5.41) is 13.3. The monoisotopic (exact) mass is 433 g/mol. The summed E-state index contributed by atoms with van der Waals surface area (Å²) < 4.78 is 6.32. The van der Waals surface area contributed by atoms with E-state index in [-0.39, 0.29) is 0 Å². The Bertz CT molecular complexity index is 1260. The topological polar surface area (TPSA) is 61.4 Å². The Morgan fingerprint density at radius 2 is 2.06 bits per heavy atom. The van der Waals surface area contributed by atoms with Crippen LogP contribution in [0.3, 0.4) is 0 Å². The molecule has 1 aliphatic rings. The number of aromatic amines is 1. The summed E-state index contributed by atoms with van der Waals surface area (Å²) in [6, 6.07) is 15.7. The summed E-state index contributed by atoms with van der Waals surface area (Å²) in [7, 11) is 0. The minimum absolute atomic E-state index is 0.439. The van der Waals surface area contributed by atoms with Gasteiger partial charge < -0.3 is 14.8 Å². The van der Waals surface area contributed by atoms with E-state index in [1.165, 1.54) is 16.5 Å². The van der Waals surface area contributed by atoms with Gasteiger partial charge in [0.25, 0.3) is 0 Å². The lowest BCUT2D eigenvalue weighted by molar-refractivity contribution is -0.0528. The van der Waals surface area contributed by atoms with Gasteiger partial charge in [-0.05, 0) is 55.3 Å². The van der Waals surface area contributed by atoms with Crippen LogP contribution in [-0.2, 0) is 0 Å². The molecule has 1 aliphatic heterocycles. The van der Waals surface area contributed by atoms with Gasteiger partial charge in [-0.25, -0.2) is 0 Å². The lowest BCUT2D eigenvalue weighted by Crippen LogP contribution is -2.48. The van der Waals surface area contributed by atoms with Crippen molar-refractivity contribution in [3.8, 4) is 5.75 Å². The molecule has 2 atom stereocenters. The summed E-state index contributed by atoms with van der Waals surface area (Å²) in [6.45, 7) is 3.27. The average Bonchev–Trinajstić information content (AvgIpc) is 3.20. The van der Waals surface area contributed by atoms with E-state index in [0.717, 1.165) is 40.2 Å². The molecule has 158 valence electrons. The second kappa shape index (κ2) is 8.35. The molecular formula is C25H24ClN3O2. The molecule has 0 saturated heterocycles. The number of ether oxygens (including phenoxy) is 1. The van der Waals surface area contributed by atoms with Crippen molar-refractivity contribution in [2.45, 2.75) is 25.7 Å². The minimum atomic E-state index is -0.642. The number of rotatable bonds is 5. The molecule has 0 fully saturated rings. The number of benzene rings is 2. The molecule has 2 N–H and O–H groups in total. The first-order chi connectivity index (χ1) is 15.1. The fourth-order valence-electron chi connectivity index (χ4n) is 4.31. The lowest BCUT2D eigenvalue weighted by Gasteiger charge is -2.35. The van der Waals surface area contributed by atoms with Crippen LogP contribution in [0, 0.1) is 0 Å². The van der Waals surface area contributed by atoms with Crippen LogP contribution >= 0.6 is 11.6 Å². The summed E-state index contributed by atoms with van der Waals surface area (Å²) in [6.07, 6.45) is 5.84. The minimum Gasteiger partial charge on any atom is -0.472 e. The molecule has 31 heavy (non-hydrogen) atoms. The number of nitrogens with one attached hydrogen (secondary N) is 1. The van der Waals surface area contributed by atoms with E-state index in [9.17, 15) is 5.11 Å². The lowest BCUT2D eigenvalue weighted by atomic mass is 9.98. The molecule has 2 unspecified atom stereocenters. The molecule has 0 bridgehead atoms. The molecule has 0 aliphatic carbocycles.